The standard InChI is InChI=1S/C22H23N3O3/c1-4-15(2)25-22(26)17-6-5-7-19(12-17)28-21-13-20(23-14-24-21)16-8-10-18(27-3)11-9-16/h5-15H,4H2,1-3H3,(H,25,26)/t15-/m0/s1. The van der Waals surface area contributed by atoms with Crippen molar-refractivity contribution in [2.24, 2.45) is 0 Å². The van der Waals surface area contributed by atoms with Crippen molar-refractivity contribution in [3.8, 4) is 28.6 Å². The second kappa shape index (κ2) is 8.99. The summed E-state index contributed by atoms with van der Waals surface area (Å²) in [5.41, 5.74) is 2.20. The highest BCUT2D eigenvalue weighted by molar-refractivity contribution is 5.94. The van der Waals surface area contributed by atoms with Crippen LogP contribution in [0.15, 0.2) is 60.9 Å². The summed E-state index contributed by atoms with van der Waals surface area (Å²) in [7, 11) is 1.63. The van der Waals surface area contributed by atoms with E-state index in [1.807, 2.05) is 38.1 Å². The highest BCUT2D eigenvalue weighted by Crippen LogP contribution is 2.25. The van der Waals surface area contributed by atoms with Gasteiger partial charge in [-0.2, -0.15) is 0 Å². The van der Waals surface area contributed by atoms with Crippen LogP contribution in [0.5, 0.6) is 17.4 Å². The van der Waals surface area contributed by atoms with Crippen LogP contribution in [0.1, 0.15) is 30.6 Å². The van der Waals surface area contributed by atoms with Crippen LogP contribution in [0.3, 0.4) is 0 Å². The third kappa shape index (κ3) is 4.85. The average molecular weight is 377 g/mol. The van der Waals surface area contributed by atoms with Gasteiger partial charge in [0.05, 0.1) is 12.8 Å². The van der Waals surface area contributed by atoms with Gasteiger partial charge in [0.15, 0.2) is 0 Å². The highest BCUT2D eigenvalue weighted by Gasteiger charge is 2.10. The number of ether oxygens (including phenoxy) is 2. The zero-order valence-corrected chi connectivity index (χ0v) is 16.2. The van der Waals surface area contributed by atoms with Crippen molar-refractivity contribution in [2.45, 2.75) is 26.3 Å². The molecule has 3 rings (SSSR count). The molecule has 0 spiro atoms. The summed E-state index contributed by atoms with van der Waals surface area (Å²) >= 11 is 0. The monoisotopic (exact) mass is 377 g/mol. The van der Waals surface area contributed by atoms with E-state index in [0.29, 0.717) is 17.2 Å². The molecule has 1 heterocycles. The van der Waals surface area contributed by atoms with Crippen LogP contribution >= 0.6 is 0 Å². The van der Waals surface area contributed by atoms with Gasteiger partial charge in [-0.15, -0.1) is 0 Å². The van der Waals surface area contributed by atoms with E-state index in [9.17, 15) is 4.79 Å². The van der Waals surface area contributed by atoms with Crippen molar-refractivity contribution in [3.05, 3.63) is 66.5 Å². The molecule has 1 atom stereocenters. The minimum Gasteiger partial charge on any atom is -0.497 e. The molecule has 0 aliphatic carbocycles. The van der Waals surface area contributed by atoms with E-state index in [0.717, 1.165) is 23.4 Å². The minimum absolute atomic E-state index is 0.117. The van der Waals surface area contributed by atoms with Crippen molar-refractivity contribution in [3.63, 3.8) is 0 Å². The zero-order chi connectivity index (χ0) is 19.9. The van der Waals surface area contributed by atoms with Crippen LogP contribution < -0.4 is 14.8 Å². The quantitative estimate of drug-likeness (QED) is 0.657. The number of amides is 1. The summed E-state index contributed by atoms with van der Waals surface area (Å²) in [6, 6.07) is 16.5. The van der Waals surface area contributed by atoms with Crippen molar-refractivity contribution < 1.29 is 14.3 Å². The molecule has 0 unspecified atom stereocenters. The Kier molecular flexibility index (Phi) is 6.22. The van der Waals surface area contributed by atoms with Gasteiger partial charge in [0, 0.05) is 23.2 Å². The maximum atomic E-state index is 12.3. The number of carbonyl (C=O) groups excluding carboxylic acids is 1. The van der Waals surface area contributed by atoms with Gasteiger partial charge in [-0.1, -0.05) is 13.0 Å². The Balaban J connectivity index is 1.77. The first-order chi connectivity index (χ1) is 13.6. The summed E-state index contributed by atoms with van der Waals surface area (Å²) in [6.45, 7) is 4.00. The molecular formula is C22H23N3O3. The number of hydrogen-bond acceptors (Lipinski definition) is 5. The van der Waals surface area contributed by atoms with E-state index in [-0.39, 0.29) is 11.9 Å². The van der Waals surface area contributed by atoms with E-state index in [4.69, 9.17) is 9.47 Å². The molecule has 28 heavy (non-hydrogen) atoms. The summed E-state index contributed by atoms with van der Waals surface area (Å²) in [5, 5.41) is 2.95. The first-order valence-electron chi connectivity index (χ1n) is 9.14. The molecule has 3 aromatic rings. The third-order valence-corrected chi connectivity index (χ3v) is 4.34. The van der Waals surface area contributed by atoms with Crippen molar-refractivity contribution >= 4 is 5.91 Å². The van der Waals surface area contributed by atoms with Gasteiger partial charge < -0.3 is 14.8 Å². The van der Waals surface area contributed by atoms with E-state index >= 15 is 0 Å². The Bertz CT molecular complexity index is 942. The minimum atomic E-state index is -0.124. The van der Waals surface area contributed by atoms with E-state index < -0.39 is 0 Å². The Labute approximate surface area is 164 Å². The molecule has 144 valence electrons. The smallest absolute Gasteiger partial charge is 0.251 e. The molecule has 0 radical (unpaired) electrons. The number of rotatable bonds is 7. The summed E-state index contributed by atoms with van der Waals surface area (Å²) in [6.07, 6.45) is 2.32. The first kappa shape index (κ1) is 19.4. The van der Waals surface area contributed by atoms with Crippen LogP contribution in [-0.4, -0.2) is 29.0 Å². The largest absolute Gasteiger partial charge is 0.497 e. The second-order valence-electron chi connectivity index (χ2n) is 6.38. The molecule has 0 aliphatic rings. The van der Waals surface area contributed by atoms with Crippen LogP contribution in [0.2, 0.25) is 0 Å². The number of nitrogens with zero attached hydrogens (tertiary/aromatic N) is 2. The SMILES string of the molecule is CC[C@H](C)NC(=O)c1cccc(Oc2cc(-c3ccc(OC)cc3)ncn2)c1. The molecule has 1 amide bonds. The van der Waals surface area contributed by atoms with Crippen LogP contribution in [0.25, 0.3) is 11.3 Å². The molecule has 1 aromatic heterocycles. The lowest BCUT2D eigenvalue weighted by molar-refractivity contribution is 0.0939. The van der Waals surface area contributed by atoms with Gasteiger partial charge >= 0.3 is 0 Å². The Hall–Kier alpha value is -3.41. The summed E-state index contributed by atoms with van der Waals surface area (Å²) < 4.78 is 11.0. The third-order valence-electron chi connectivity index (χ3n) is 4.34. The summed E-state index contributed by atoms with van der Waals surface area (Å²) in [4.78, 5) is 20.8. The maximum Gasteiger partial charge on any atom is 0.251 e. The number of carbonyl (C=O) groups is 1. The number of aromatic nitrogens is 2. The molecule has 0 bridgehead atoms. The Morgan fingerprint density at radius 3 is 2.57 bits per heavy atom. The van der Waals surface area contributed by atoms with Crippen LogP contribution in [0, 0.1) is 0 Å². The molecular weight excluding hydrogens is 354 g/mol. The summed E-state index contributed by atoms with van der Waals surface area (Å²) in [5.74, 6) is 1.60. The lowest BCUT2D eigenvalue weighted by Gasteiger charge is -2.12. The van der Waals surface area contributed by atoms with Gasteiger partial charge in [-0.3, -0.25) is 4.79 Å². The highest BCUT2D eigenvalue weighted by atomic mass is 16.5. The molecule has 0 fully saturated rings. The molecule has 1 N–H and O–H groups in total. The lowest BCUT2D eigenvalue weighted by Crippen LogP contribution is -2.31. The maximum absolute atomic E-state index is 12.3. The predicted octanol–water partition coefficient (Wildman–Crippen LogP) is 4.47. The van der Waals surface area contributed by atoms with Gasteiger partial charge in [0.1, 0.15) is 17.8 Å². The Morgan fingerprint density at radius 1 is 1.07 bits per heavy atom. The van der Waals surface area contributed by atoms with Gasteiger partial charge in [0.25, 0.3) is 5.91 Å². The fourth-order valence-corrected chi connectivity index (χ4v) is 2.55. The molecule has 2 aromatic carbocycles. The first-order valence-corrected chi connectivity index (χ1v) is 9.14. The fourth-order valence-electron chi connectivity index (χ4n) is 2.55. The second-order valence-corrected chi connectivity index (χ2v) is 6.38. The fraction of sp³-hybridized carbons (Fsp3) is 0.227. The number of hydrogen-bond donors (Lipinski definition) is 1. The predicted molar refractivity (Wildman–Crippen MR) is 108 cm³/mol. The van der Waals surface area contributed by atoms with Crippen molar-refractivity contribution in [1.29, 1.82) is 0 Å². The molecule has 6 heteroatoms. The average Bonchev–Trinajstić information content (AvgIpc) is 2.74. The normalized spacial score (nSPS) is 11.5. The topological polar surface area (TPSA) is 73.3 Å². The lowest BCUT2D eigenvalue weighted by atomic mass is 10.1. The van der Waals surface area contributed by atoms with Gasteiger partial charge in [-0.25, -0.2) is 9.97 Å². The van der Waals surface area contributed by atoms with E-state index in [1.165, 1.54) is 6.33 Å². The molecule has 0 aliphatic heterocycles. The Morgan fingerprint density at radius 2 is 1.86 bits per heavy atom. The van der Waals surface area contributed by atoms with Crippen molar-refractivity contribution in [1.82, 2.24) is 15.3 Å². The van der Waals surface area contributed by atoms with Crippen LogP contribution in [-0.2, 0) is 0 Å². The zero-order valence-electron chi connectivity index (χ0n) is 16.2. The van der Waals surface area contributed by atoms with Gasteiger partial charge in [-0.05, 0) is 55.8 Å². The van der Waals surface area contributed by atoms with E-state index in [1.54, 1.807) is 37.4 Å². The number of nitrogens with one attached hydrogen (secondary N) is 1. The molecule has 0 saturated carbocycles. The number of benzene rings is 2. The van der Waals surface area contributed by atoms with E-state index in [2.05, 4.69) is 15.3 Å². The van der Waals surface area contributed by atoms with Gasteiger partial charge in [0.2, 0.25) is 5.88 Å². The molecule has 6 nitrogen and oxygen atoms in total. The van der Waals surface area contributed by atoms with Crippen LogP contribution in [0.4, 0.5) is 0 Å². The number of methoxy groups -OCH3 is 1. The molecule has 0 saturated heterocycles. The van der Waals surface area contributed by atoms with Crippen molar-refractivity contribution in [2.75, 3.05) is 7.11 Å².